The SMILES string of the molecule is CCC(=O)/C(=N\O)On1ccnc1[N+](=O)[O-]. The van der Waals surface area contributed by atoms with Gasteiger partial charge in [-0.2, -0.15) is 0 Å². The molecule has 0 bridgehead atoms. The van der Waals surface area contributed by atoms with Crippen LogP contribution in [0.4, 0.5) is 5.95 Å². The fourth-order valence-electron chi connectivity index (χ4n) is 0.852. The van der Waals surface area contributed by atoms with Crippen LogP contribution in [0.15, 0.2) is 17.5 Å². The van der Waals surface area contributed by atoms with Gasteiger partial charge in [0.25, 0.3) is 0 Å². The minimum Gasteiger partial charge on any atom is -0.408 e. The molecule has 0 atom stereocenters. The fourth-order valence-corrected chi connectivity index (χ4v) is 0.852. The minimum atomic E-state index is -0.800. The number of nitrogens with zero attached hydrogens (tertiary/aromatic N) is 4. The van der Waals surface area contributed by atoms with Crippen molar-refractivity contribution in [3.05, 3.63) is 22.5 Å². The zero-order valence-electron chi connectivity index (χ0n) is 8.23. The molecular formula is C7H8N4O5. The van der Waals surface area contributed by atoms with Crippen molar-refractivity contribution in [1.82, 2.24) is 9.71 Å². The van der Waals surface area contributed by atoms with Crippen LogP contribution in [-0.2, 0) is 4.79 Å². The first-order valence-corrected chi connectivity index (χ1v) is 4.21. The molecule has 0 aliphatic heterocycles. The summed E-state index contributed by atoms with van der Waals surface area (Å²) in [5, 5.41) is 21.5. The van der Waals surface area contributed by atoms with Gasteiger partial charge in [-0.1, -0.05) is 11.9 Å². The third-order valence-corrected chi connectivity index (χ3v) is 1.59. The molecule has 0 aromatic carbocycles. The van der Waals surface area contributed by atoms with Crippen molar-refractivity contribution in [1.29, 1.82) is 0 Å². The molecule has 0 spiro atoms. The second kappa shape index (κ2) is 4.87. The lowest BCUT2D eigenvalue weighted by Crippen LogP contribution is -2.27. The lowest BCUT2D eigenvalue weighted by Gasteiger charge is -2.02. The van der Waals surface area contributed by atoms with Crippen molar-refractivity contribution in [2.24, 2.45) is 5.16 Å². The Balaban J connectivity index is 2.91. The quantitative estimate of drug-likeness (QED) is 0.254. The van der Waals surface area contributed by atoms with Crippen molar-refractivity contribution in [2.45, 2.75) is 13.3 Å². The van der Waals surface area contributed by atoms with Gasteiger partial charge in [0.05, 0.1) is 0 Å². The third kappa shape index (κ3) is 2.32. The molecule has 0 saturated carbocycles. The van der Waals surface area contributed by atoms with Gasteiger partial charge < -0.3 is 15.3 Å². The molecule has 1 aromatic rings. The predicted molar refractivity (Wildman–Crippen MR) is 50.0 cm³/mol. The summed E-state index contributed by atoms with van der Waals surface area (Å²) < 4.78 is 0.628. The van der Waals surface area contributed by atoms with Crippen molar-refractivity contribution in [2.75, 3.05) is 0 Å². The average molecular weight is 228 g/mol. The summed E-state index contributed by atoms with van der Waals surface area (Å²) in [5.74, 6) is -1.85. The topological polar surface area (TPSA) is 120 Å². The average Bonchev–Trinajstić information content (AvgIpc) is 2.72. The van der Waals surface area contributed by atoms with E-state index < -0.39 is 22.6 Å². The van der Waals surface area contributed by atoms with Gasteiger partial charge in [0, 0.05) is 6.42 Å². The van der Waals surface area contributed by atoms with Gasteiger partial charge in [0.1, 0.15) is 12.4 Å². The molecule has 0 fully saturated rings. The normalized spacial score (nSPS) is 11.2. The van der Waals surface area contributed by atoms with Gasteiger partial charge in [0.15, 0.2) is 0 Å². The largest absolute Gasteiger partial charge is 0.471 e. The number of carbonyl (C=O) groups excluding carboxylic acids is 1. The molecule has 1 heterocycles. The highest BCUT2D eigenvalue weighted by atomic mass is 16.7. The molecule has 0 amide bonds. The standard InChI is InChI=1S/C7H8N4O5/c1-2-5(12)6(9-13)16-10-4-3-8-7(10)11(14)15/h3-4,13H,2H2,1H3/b9-6+. The zero-order valence-corrected chi connectivity index (χ0v) is 8.23. The summed E-state index contributed by atoms with van der Waals surface area (Å²) in [5.41, 5.74) is 0. The van der Waals surface area contributed by atoms with E-state index in [9.17, 15) is 14.9 Å². The Morgan fingerprint density at radius 1 is 1.81 bits per heavy atom. The van der Waals surface area contributed by atoms with Gasteiger partial charge >= 0.3 is 11.8 Å². The molecule has 9 heteroatoms. The van der Waals surface area contributed by atoms with Crippen LogP contribution in [0, 0.1) is 10.1 Å². The van der Waals surface area contributed by atoms with E-state index in [1.165, 1.54) is 6.92 Å². The fraction of sp³-hybridized carbons (Fsp3) is 0.286. The maximum absolute atomic E-state index is 11.1. The van der Waals surface area contributed by atoms with Crippen LogP contribution < -0.4 is 4.84 Å². The van der Waals surface area contributed by atoms with E-state index in [0.717, 1.165) is 12.4 Å². The van der Waals surface area contributed by atoms with E-state index in [-0.39, 0.29) is 6.42 Å². The van der Waals surface area contributed by atoms with E-state index >= 15 is 0 Å². The molecule has 0 saturated heterocycles. The van der Waals surface area contributed by atoms with Gasteiger partial charge in [-0.05, 0) is 14.8 Å². The molecule has 1 N–H and O–H groups in total. The Hall–Kier alpha value is -2.45. The van der Waals surface area contributed by atoms with Crippen LogP contribution in [0.1, 0.15) is 13.3 Å². The number of nitro groups is 1. The first-order valence-electron chi connectivity index (χ1n) is 4.21. The number of hydrogen-bond acceptors (Lipinski definition) is 7. The van der Waals surface area contributed by atoms with Crippen LogP contribution in [0.25, 0.3) is 0 Å². The Bertz CT molecular complexity index is 438. The Kier molecular flexibility index (Phi) is 3.53. The maximum atomic E-state index is 11.1. The van der Waals surface area contributed by atoms with Crippen molar-refractivity contribution < 1.29 is 19.8 Å². The van der Waals surface area contributed by atoms with Gasteiger partial charge in [-0.15, -0.1) is 0 Å². The first kappa shape index (κ1) is 11.6. The summed E-state index contributed by atoms with van der Waals surface area (Å²) in [4.78, 5) is 28.9. The van der Waals surface area contributed by atoms with Crippen LogP contribution in [0.2, 0.25) is 0 Å². The number of rotatable bonds is 4. The molecule has 0 aliphatic rings. The second-order valence-corrected chi connectivity index (χ2v) is 2.58. The van der Waals surface area contributed by atoms with Gasteiger partial charge in [-0.3, -0.25) is 9.63 Å². The highest BCUT2D eigenvalue weighted by Gasteiger charge is 2.21. The molecular weight excluding hydrogens is 220 g/mol. The number of carbonyl (C=O) groups is 1. The van der Waals surface area contributed by atoms with Crippen LogP contribution in [0.3, 0.4) is 0 Å². The second-order valence-electron chi connectivity index (χ2n) is 2.58. The van der Waals surface area contributed by atoms with E-state index in [1.54, 1.807) is 0 Å². The van der Waals surface area contributed by atoms with Crippen molar-refractivity contribution in [3.8, 4) is 0 Å². The maximum Gasteiger partial charge on any atom is 0.471 e. The number of ketones is 1. The number of imidazole rings is 1. The lowest BCUT2D eigenvalue weighted by molar-refractivity contribution is -0.400. The summed E-state index contributed by atoms with van der Waals surface area (Å²) in [6, 6.07) is 0. The summed E-state index contributed by atoms with van der Waals surface area (Å²) >= 11 is 0. The molecule has 86 valence electrons. The summed E-state index contributed by atoms with van der Waals surface area (Å²) in [6.45, 7) is 1.53. The highest BCUT2D eigenvalue weighted by Crippen LogP contribution is 2.05. The van der Waals surface area contributed by atoms with Gasteiger partial charge in [-0.25, -0.2) is 0 Å². The van der Waals surface area contributed by atoms with Crippen LogP contribution in [-0.4, -0.2) is 31.5 Å². The molecule has 0 radical (unpaired) electrons. The number of aromatic nitrogens is 2. The summed E-state index contributed by atoms with van der Waals surface area (Å²) in [6.07, 6.45) is 2.28. The van der Waals surface area contributed by atoms with Gasteiger partial charge in [0.2, 0.25) is 5.78 Å². The van der Waals surface area contributed by atoms with E-state index in [1.807, 2.05) is 0 Å². The van der Waals surface area contributed by atoms with E-state index in [4.69, 9.17) is 10.0 Å². The number of Topliss-reactive ketones (excluding diaryl/α,β-unsaturated/α-hetero) is 1. The first-order chi connectivity index (χ1) is 7.60. The van der Waals surface area contributed by atoms with Crippen LogP contribution >= 0.6 is 0 Å². The molecule has 0 aliphatic carbocycles. The third-order valence-electron chi connectivity index (χ3n) is 1.59. The minimum absolute atomic E-state index is 0.0435. The highest BCUT2D eigenvalue weighted by molar-refractivity contribution is 6.36. The Morgan fingerprint density at radius 3 is 3.00 bits per heavy atom. The Morgan fingerprint density at radius 2 is 2.50 bits per heavy atom. The smallest absolute Gasteiger partial charge is 0.408 e. The Labute approximate surface area is 89.1 Å². The predicted octanol–water partition coefficient (Wildman–Crippen LogP) is -0.0133. The van der Waals surface area contributed by atoms with E-state index in [0.29, 0.717) is 4.73 Å². The zero-order chi connectivity index (χ0) is 12.1. The lowest BCUT2D eigenvalue weighted by atomic mass is 10.3. The monoisotopic (exact) mass is 228 g/mol. The summed E-state index contributed by atoms with van der Waals surface area (Å²) in [7, 11) is 0. The van der Waals surface area contributed by atoms with E-state index in [2.05, 4.69) is 10.1 Å². The molecule has 1 aromatic heterocycles. The number of hydrogen-bond donors (Lipinski definition) is 1. The van der Waals surface area contributed by atoms with Crippen molar-refractivity contribution in [3.63, 3.8) is 0 Å². The molecule has 16 heavy (non-hydrogen) atoms. The van der Waals surface area contributed by atoms with Crippen molar-refractivity contribution >= 4 is 17.6 Å². The van der Waals surface area contributed by atoms with Crippen LogP contribution in [0.5, 0.6) is 0 Å². The molecule has 0 unspecified atom stereocenters. The molecule has 1 rings (SSSR count). The number of oxime groups is 1. The molecule has 9 nitrogen and oxygen atoms in total.